The van der Waals surface area contributed by atoms with Gasteiger partial charge in [0, 0.05) is 24.4 Å². The Labute approximate surface area is 147 Å². The average Bonchev–Trinajstić information content (AvgIpc) is 2.63. The molecule has 3 heteroatoms. The molecular formula is C21H33N3. The van der Waals surface area contributed by atoms with Gasteiger partial charge in [-0.15, -0.1) is 0 Å². The van der Waals surface area contributed by atoms with Gasteiger partial charge in [0.25, 0.3) is 0 Å². The van der Waals surface area contributed by atoms with Crippen molar-refractivity contribution in [2.24, 2.45) is 5.92 Å². The molecule has 132 valence electrons. The number of nitrogens with zero attached hydrogens (tertiary/aromatic N) is 3. The second kappa shape index (κ2) is 9.77. The Morgan fingerprint density at radius 2 is 1.67 bits per heavy atom. The number of hydrogen-bond acceptors (Lipinski definition) is 3. The van der Waals surface area contributed by atoms with Crippen LogP contribution in [0, 0.1) is 17.2 Å². The van der Waals surface area contributed by atoms with Crippen LogP contribution in [0.5, 0.6) is 0 Å². The van der Waals surface area contributed by atoms with Crippen molar-refractivity contribution in [3.05, 3.63) is 23.8 Å². The fourth-order valence-electron chi connectivity index (χ4n) is 3.87. The van der Waals surface area contributed by atoms with E-state index >= 15 is 0 Å². The summed E-state index contributed by atoms with van der Waals surface area (Å²) >= 11 is 0. The first-order valence-corrected chi connectivity index (χ1v) is 9.96. The molecule has 1 aliphatic carbocycles. The zero-order valence-electron chi connectivity index (χ0n) is 15.6. The van der Waals surface area contributed by atoms with E-state index in [1.807, 2.05) is 12.4 Å². The number of nitriles is 1. The lowest BCUT2D eigenvalue weighted by Crippen LogP contribution is -2.30. The smallest absolute Gasteiger partial charge is 0.128 e. The van der Waals surface area contributed by atoms with Crippen LogP contribution >= 0.6 is 0 Å². The zero-order chi connectivity index (χ0) is 17.3. The molecule has 0 aliphatic heterocycles. The topological polar surface area (TPSA) is 49.6 Å². The Bertz CT molecular complexity index is 507. The highest BCUT2D eigenvalue weighted by Gasteiger charge is 2.37. The summed E-state index contributed by atoms with van der Waals surface area (Å²) in [7, 11) is 0. The number of aryl methyl sites for hydroxylation is 1. The van der Waals surface area contributed by atoms with E-state index in [-0.39, 0.29) is 5.41 Å². The maximum absolute atomic E-state index is 9.83. The van der Waals surface area contributed by atoms with E-state index in [0.717, 1.165) is 43.0 Å². The Kier molecular flexibility index (Phi) is 7.69. The molecule has 0 unspecified atom stereocenters. The largest absolute Gasteiger partial charge is 0.241 e. The lowest BCUT2D eigenvalue weighted by atomic mass is 9.67. The van der Waals surface area contributed by atoms with E-state index in [4.69, 9.17) is 0 Å². The predicted molar refractivity (Wildman–Crippen MR) is 98.7 cm³/mol. The summed E-state index contributed by atoms with van der Waals surface area (Å²) in [5, 5.41) is 9.83. The number of rotatable bonds is 9. The van der Waals surface area contributed by atoms with Crippen molar-refractivity contribution in [1.29, 1.82) is 5.26 Å². The van der Waals surface area contributed by atoms with Crippen LogP contribution in [0.3, 0.4) is 0 Å². The van der Waals surface area contributed by atoms with Gasteiger partial charge >= 0.3 is 0 Å². The molecule has 0 saturated heterocycles. The van der Waals surface area contributed by atoms with Crippen LogP contribution in [-0.4, -0.2) is 9.97 Å². The average molecular weight is 328 g/mol. The molecule has 0 atom stereocenters. The summed E-state index contributed by atoms with van der Waals surface area (Å²) in [6.45, 7) is 4.46. The molecule has 0 amide bonds. The summed E-state index contributed by atoms with van der Waals surface area (Å²) in [6.07, 6.45) is 18.0. The molecule has 0 radical (unpaired) electrons. The monoisotopic (exact) mass is 327 g/mol. The van der Waals surface area contributed by atoms with Gasteiger partial charge in [-0.3, -0.25) is 0 Å². The van der Waals surface area contributed by atoms with Gasteiger partial charge in [-0.2, -0.15) is 5.26 Å². The van der Waals surface area contributed by atoms with Crippen LogP contribution in [0.4, 0.5) is 0 Å². The molecule has 0 aromatic carbocycles. The van der Waals surface area contributed by atoms with Gasteiger partial charge in [-0.05, 0) is 38.0 Å². The maximum atomic E-state index is 9.83. The highest BCUT2D eigenvalue weighted by molar-refractivity contribution is 5.29. The van der Waals surface area contributed by atoms with E-state index in [1.165, 1.54) is 51.4 Å². The first kappa shape index (κ1) is 18.9. The molecule has 24 heavy (non-hydrogen) atoms. The lowest BCUT2D eigenvalue weighted by molar-refractivity contribution is 0.261. The molecule has 0 bridgehead atoms. The Morgan fingerprint density at radius 3 is 2.25 bits per heavy atom. The van der Waals surface area contributed by atoms with E-state index in [9.17, 15) is 5.26 Å². The Morgan fingerprint density at radius 1 is 1.04 bits per heavy atom. The predicted octanol–water partition coefficient (Wildman–Crippen LogP) is 5.74. The Balaban J connectivity index is 1.92. The van der Waals surface area contributed by atoms with Crippen LogP contribution in [-0.2, 0) is 11.8 Å². The summed E-state index contributed by atoms with van der Waals surface area (Å²) in [5.74, 6) is 1.74. The minimum Gasteiger partial charge on any atom is -0.241 e. The van der Waals surface area contributed by atoms with Crippen molar-refractivity contribution in [3.63, 3.8) is 0 Å². The third-order valence-corrected chi connectivity index (χ3v) is 5.65. The van der Waals surface area contributed by atoms with E-state index in [0.29, 0.717) is 0 Å². The normalized spacial score (nSPS) is 23.8. The third-order valence-electron chi connectivity index (χ3n) is 5.65. The molecule has 0 N–H and O–H groups in total. The SMILES string of the molecule is CCCCCc1ncc(C2(C#N)CCC(CCCCC)CC2)cn1. The molecule has 2 rings (SSSR count). The van der Waals surface area contributed by atoms with Crippen molar-refractivity contribution in [2.75, 3.05) is 0 Å². The second-order valence-electron chi connectivity index (χ2n) is 7.48. The molecule has 0 spiro atoms. The van der Waals surface area contributed by atoms with Gasteiger partial charge in [0.15, 0.2) is 0 Å². The van der Waals surface area contributed by atoms with Crippen LogP contribution < -0.4 is 0 Å². The van der Waals surface area contributed by atoms with Crippen LogP contribution in [0.1, 0.15) is 95.9 Å². The van der Waals surface area contributed by atoms with Crippen LogP contribution in [0.15, 0.2) is 12.4 Å². The van der Waals surface area contributed by atoms with Crippen molar-refractivity contribution in [1.82, 2.24) is 9.97 Å². The Hall–Kier alpha value is -1.43. The molecule has 1 aliphatic rings. The summed E-state index contributed by atoms with van der Waals surface area (Å²) in [5.41, 5.74) is 0.694. The molecule has 3 nitrogen and oxygen atoms in total. The van der Waals surface area contributed by atoms with Crippen LogP contribution in [0.25, 0.3) is 0 Å². The van der Waals surface area contributed by atoms with Gasteiger partial charge < -0.3 is 0 Å². The number of aromatic nitrogens is 2. The molecule has 1 heterocycles. The summed E-state index contributed by atoms with van der Waals surface area (Å²) in [6, 6.07) is 2.61. The number of hydrogen-bond donors (Lipinski definition) is 0. The van der Waals surface area contributed by atoms with Crippen molar-refractivity contribution in [3.8, 4) is 6.07 Å². The summed E-state index contributed by atoms with van der Waals surface area (Å²) in [4.78, 5) is 9.07. The highest BCUT2D eigenvalue weighted by atomic mass is 14.9. The molecular weight excluding hydrogens is 294 g/mol. The second-order valence-corrected chi connectivity index (χ2v) is 7.48. The maximum Gasteiger partial charge on any atom is 0.128 e. The van der Waals surface area contributed by atoms with Crippen molar-refractivity contribution in [2.45, 2.75) is 96.3 Å². The molecule has 1 aromatic heterocycles. The van der Waals surface area contributed by atoms with Gasteiger partial charge in [0.2, 0.25) is 0 Å². The third kappa shape index (κ3) is 5.03. The lowest BCUT2D eigenvalue weighted by Gasteiger charge is -2.35. The number of unbranched alkanes of at least 4 members (excludes halogenated alkanes) is 4. The van der Waals surface area contributed by atoms with Gasteiger partial charge in [0.05, 0.1) is 11.5 Å². The summed E-state index contributed by atoms with van der Waals surface area (Å²) < 4.78 is 0. The van der Waals surface area contributed by atoms with E-state index < -0.39 is 0 Å². The minimum absolute atomic E-state index is 0.344. The fraction of sp³-hybridized carbons (Fsp3) is 0.762. The van der Waals surface area contributed by atoms with Gasteiger partial charge in [-0.25, -0.2) is 9.97 Å². The van der Waals surface area contributed by atoms with Gasteiger partial charge in [0.1, 0.15) is 5.82 Å². The van der Waals surface area contributed by atoms with Gasteiger partial charge in [-0.1, -0.05) is 52.4 Å². The first-order chi connectivity index (χ1) is 11.7. The standard InChI is InChI=1S/C21H33N3/c1-3-5-7-9-18-11-13-21(17-22,14-12-18)19-15-23-20(24-16-19)10-8-6-4-2/h15-16,18H,3-14H2,1-2H3. The van der Waals surface area contributed by atoms with Crippen LogP contribution in [0.2, 0.25) is 0 Å². The molecule has 1 aromatic rings. The molecule has 1 saturated carbocycles. The van der Waals surface area contributed by atoms with E-state index in [1.54, 1.807) is 0 Å². The van der Waals surface area contributed by atoms with Crippen molar-refractivity contribution < 1.29 is 0 Å². The quantitative estimate of drug-likeness (QED) is 0.543. The zero-order valence-corrected chi connectivity index (χ0v) is 15.6. The van der Waals surface area contributed by atoms with Crippen molar-refractivity contribution >= 4 is 0 Å². The minimum atomic E-state index is -0.344. The fourth-order valence-corrected chi connectivity index (χ4v) is 3.87. The van der Waals surface area contributed by atoms with E-state index in [2.05, 4.69) is 29.9 Å². The molecule has 1 fully saturated rings. The first-order valence-electron chi connectivity index (χ1n) is 9.96. The highest BCUT2D eigenvalue weighted by Crippen LogP contribution is 2.42.